The fourth-order valence-corrected chi connectivity index (χ4v) is 10.4. The van der Waals surface area contributed by atoms with Gasteiger partial charge in [0.05, 0.1) is 69.6 Å². The number of aryl methyl sites for hydroxylation is 1. The summed E-state index contributed by atoms with van der Waals surface area (Å²) in [5, 5.41) is 6.18. The lowest BCUT2D eigenvalue weighted by Crippen LogP contribution is -2.51. The minimum Gasteiger partial charge on any atom is -0.453 e. The lowest BCUT2D eigenvalue weighted by molar-refractivity contribution is -0.143. The predicted molar refractivity (Wildman–Crippen MR) is 265 cm³/mol. The first-order chi connectivity index (χ1) is 33.3. The van der Waals surface area contributed by atoms with Crippen molar-refractivity contribution in [1.82, 2.24) is 49.9 Å². The van der Waals surface area contributed by atoms with E-state index in [0.29, 0.717) is 24.7 Å². The summed E-state index contributed by atoms with van der Waals surface area (Å²) in [6, 6.07) is 26.3. The Morgan fingerprint density at radius 2 is 1.25 bits per heavy atom. The smallest absolute Gasteiger partial charge is 0.407 e. The number of alkyl carbamates (subject to hydrolysis) is 2. The first kappa shape index (κ1) is 46.8. The van der Waals surface area contributed by atoms with Crippen molar-refractivity contribution >= 4 is 45.6 Å². The van der Waals surface area contributed by atoms with Gasteiger partial charge in [-0.15, -0.1) is 11.3 Å². The van der Waals surface area contributed by atoms with Crippen LogP contribution in [0.2, 0.25) is 0 Å². The third-order valence-corrected chi connectivity index (χ3v) is 14.1. The van der Waals surface area contributed by atoms with E-state index in [1.54, 1.807) is 16.2 Å². The molecule has 4 aromatic heterocycles. The molecule has 9 rings (SSSR count). The van der Waals surface area contributed by atoms with Crippen molar-refractivity contribution in [2.75, 3.05) is 27.2 Å². The van der Waals surface area contributed by atoms with Crippen LogP contribution in [0.15, 0.2) is 91.3 Å². The van der Waals surface area contributed by atoms with Crippen molar-refractivity contribution in [3.8, 4) is 50.7 Å². The molecule has 6 heterocycles. The number of nitrogens with one attached hydrogen (secondary N) is 4. The summed E-state index contributed by atoms with van der Waals surface area (Å²) in [6.07, 6.45) is 4.64. The zero-order valence-electron chi connectivity index (χ0n) is 39.9. The van der Waals surface area contributed by atoms with Crippen molar-refractivity contribution in [3.63, 3.8) is 0 Å². The van der Waals surface area contributed by atoms with E-state index in [-0.39, 0.29) is 35.7 Å². The molecular weight excluding hydrogens is 893 g/mol. The first-order valence-corrected chi connectivity index (χ1v) is 24.4. The Morgan fingerprint density at radius 1 is 0.710 bits per heavy atom. The largest absolute Gasteiger partial charge is 0.453 e. The minimum absolute atomic E-state index is 0.123. The molecule has 0 bridgehead atoms. The van der Waals surface area contributed by atoms with Gasteiger partial charge in [0.25, 0.3) is 5.91 Å². The molecule has 0 saturated carbocycles. The summed E-state index contributed by atoms with van der Waals surface area (Å²) >= 11 is 1.68. The molecule has 4 N–H and O–H groups in total. The quantitative estimate of drug-likeness (QED) is 0.0871. The fraction of sp³-hybridized carbons (Fsp3) is 0.365. The molecule has 4 atom stereocenters. The first-order valence-electron chi connectivity index (χ1n) is 23.6. The van der Waals surface area contributed by atoms with Crippen molar-refractivity contribution < 1.29 is 28.7 Å². The number of H-pyrrole nitrogens is 2. The van der Waals surface area contributed by atoms with Crippen molar-refractivity contribution in [2.45, 2.75) is 84.5 Å². The van der Waals surface area contributed by atoms with Crippen molar-refractivity contribution in [1.29, 1.82) is 0 Å². The Labute approximate surface area is 404 Å². The second kappa shape index (κ2) is 19.8. The van der Waals surface area contributed by atoms with E-state index >= 15 is 0 Å². The van der Waals surface area contributed by atoms with Crippen molar-refractivity contribution in [2.24, 2.45) is 11.8 Å². The molecular formula is C52H58N10O6S. The summed E-state index contributed by atoms with van der Waals surface area (Å²) in [5.74, 6) is 0.727. The standard InChI is InChI=1S/C52H58N10O6S/c1-29(2)45(59-52(66)67-7)49(63)60-24-8-10-42(60)47-54-27-38(57-47)32-12-16-34(17-13-32)40-21-22-41(62(40)36-20-23-44-37(26-36)56-31(5)69-44)35-18-14-33(15-19-35)39-28-55-48(58-39)43-11-9-25-61(43)50(64)46(30(3)4)68-51(65)53-6/h12-23,26-30,42-43,45-46H,8-11,24-25H2,1-7H3,(H,53,65)(H,54,57)(H,55,58)(H,59,66)/t42-,43-,45-,46-/m0/s1. The molecule has 7 aromatic rings. The second-order valence-electron chi connectivity index (χ2n) is 18.4. The van der Waals surface area contributed by atoms with Crippen LogP contribution in [0.3, 0.4) is 0 Å². The van der Waals surface area contributed by atoms with E-state index < -0.39 is 24.3 Å². The number of methoxy groups -OCH3 is 1. The second-order valence-corrected chi connectivity index (χ2v) is 19.6. The molecule has 3 aromatic carbocycles. The number of aromatic nitrogens is 6. The molecule has 16 nitrogen and oxygen atoms in total. The Hall–Kier alpha value is -7.27. The number of thiazole rings is 1. The summed E-state index contributed by atoms with van der Waals surface area (Å²) in [4.78, 5) is 76.6. The van der Waals surface area contributed by atoms with Gasteiger partial charge in [-0.05, 0) is 97.0 Å². The van der Waals surface area contributed by atoms with Gasteiger partial charge in [-0.1, -0.05) is 76.2 Å². The number of hydrogen-bond acceptors (Lipinski definition) is 10. The summed E-state index contributed by atoms with van der Waals surface area (Å²) in [6.45, 7) is 10.7. The van der Waals surface area contributed by atoms with Crippen LogP contribution in [-0.4, -0.2) is 103 Å². The number of fused-ring (bicyclic) bond motifs is 1. The van der Waals surface area contributed by atoms with Gasteiger partial charge in [-0.2, -0.15) is 0 Å². The zero-order valence-corrected chi connectivity index (χ0v) is 40.7. The van der Waals surface area contributed by atoms with Gasteiger partial charge in [-0.3, -0.25) is 9.59 Å². The molecule has 0 spiro atoms. The number of carbonyl (C=O) groups excluding carboxylic acids is 4. The lowest BCUT2D eigenvalue weighted by Gasteiger charge is -2.30. The van der Waals surface area contributed by atoms with Crippen molar-refractivity contribution in [3.05, 3.63) is 108 Å². The lowest BCUT2D eigenvalue weighted by atomic mass is 10.0. The number of benzene rings is 3. The number of carbonyl (C=O) groups is 4. The highest BCUT2D eigenvalue weighted by atomic mass is 32.1. The highest BCUT2D eigenvalue weighted by Gasteiger charge is 2.39. The molecule has 69 heavy (non-hydrogen) atoms. The summed E-state index contributed by atoms with van der Waals surface area (Å²) < 4.78 is 13.7. The van der Waals surface area contributed by atoms with Gasteiger partial charge in [0.1, 0.15) is 17.7 Å². The monoisotopic (exact) mass is 950 g/mol. The highest BCUT2D eigenvalue weighted by Crippen LogP contribution is 2.38. The van der Waals surface area contributed by atoms with Crippen LogP contribution in [0.1, 0.15) is 82.1 Å². The molecule has 2 aliphatic rings. The van der Waals surface area contributed by atoms with Crippen LogP contribution in [0.4, 0.5) is 9.59 Å². The van der Waals surface area contributed by atoms with E-state index in [2.05, 4.69) is 104 Å². The zero-order chi connectivity index (χ0) is 48.5. The van der Waals surface area contributed by atoms with Gasteiger partial charge >= 0.3 is 12.2 Å². The number of amides is 4. The maximum Gasteiger partial charge on any atom is 0.407 e. The molecule has 0 radical (unpaired) electrons. The van der Waals surface area contributed by atoms with Gasteiger partial charge in [0.2, 0.25) is 5.91 Å². The maximum atomic E-state index is 13.7. The van der Waals surface area contributed by atoms with E-state index in [9.17, 15) is 19.2 Å². The molecule has 2 fully saturated rings. The van der Waals surface area contributed by atoms with E-state index in [1.165, 1.54) is 14.2 Å². The number of aromatic amines is 2. The van der Waals surface area contributed by atoms with E-state index in [1.807, 2.05) is 51.9 Å². The Kier molecular flexibility index (Phi) is 13.4. The fourth-order valence-electron chi connectivity index (χ4n) is 9.60. The Balaban J connectivity index is 0.971. The average molecular weight is 951 g/mol. The number of nitrogens with zero attached hydrogens (tertiary/aromatic N) is 6. The van der Waals surface area contributed by atoms with Gasteiger partial charge < -0.3 is 44.4 Å². The summed E-state index contributed by atoms with van der Waals surface area (Å²) in [7, 11) is 2.77. The predicted octanol–water partition coefficient (Wildman–Crippen LogP) is 9.60. The molecule has 17 heteroatoms. The third kappa shape index (κ3) is 9.47. The van der Waals surface area contributed by atoms with E-state index in [0.717, 1.165) is 91.6 Å². The van der Waals surface area contributed by atoms with Crippen LogP contribution in [-0.2, 0) is 19.1 Å². The van der Waals surface area contributed by atoms with Crippen LogP contribution < -0.4 is 10.6 Å². The Bertz CT molecular complexity index is 2830. The average Bonchev–Trinajstić information content (AvgIpc) is 4.22. The normalized spacial score (nSPS) is 16.9. The SMILES string of the molecule is CNC(=O)O[C@H](C(=O)N1CCC[C@H]1c1ncc(-c2ccc(-c3ccc(-c4ccc(-c5cnc([C@@H]6CCCN6C(=O)[C@@H](NC(=O)OC)C(C)C)[nH]5)cc4)n3-c3ccc4sc(C)nc4c3)cc2)[nH]1)C(C)C. The molecule has 2 aliphatic heterocycles. The van der Waals surface area contributed by atoms with Crippen LogP contribution in [0, 0.1) is 18.8 Å². The number of ether oxygens (including phenoxy) is 2. The van der Waals surface area contributed by atoms with Crippen LogP contribution in [0.5, 0.6) is 0 Å². The molecule has 4 amide bonds. The topological polar surface area (TPSA) is 192 Å². The third-order valence-electron chi connectivity index (χ3n) is 13.2. The Morgan fingerprint density at radius 3 is 1.75 bits per heavy atom. The number of rotatable bonds is 13. The molecule has 358 valence electrons. The van der Waals surface area contributed by atoms with Crippen LogP contribution >= 0.6 is 11.3 Å². The van der Waals surface area contributed by atoms with E-state index in [4.69, 9.17) is 24.4 Å². The van der Waals surface area contributed by atoms with Gasteiger partial charge in [-0.25, -0.2) is 24.5 Å². The molecule has 2 saturated heterocycles. The highest BCUT2D eigenvalue weighted by molar-refractivity contribution is 7.18. The van der Waals surface area contributed by atoms with Crippen LogP contribution in [0.25, 0.3) is 60.9 Å². The molecule has 0 unspecified atom stereocenters. The number of likely N-dealkylation sites (tertiary alicyclic amines) is 2. The van der Waals surface area contributed by atoms with Gasteiger partial charge in [0, 0.05) is 25.8 Å². The number of hydrogen-bond donors (Lipinski definition) is 4. The maximum absolute atomic E-state index is 13.7. The summed E-state index contributed by atoms with van der Waals surface area (Å²) in [5.41, 5.74) is 9.57. The molecule has 0 aliphatic carbocycles. The number of imidazole rings is 2. The minimum atomic E-state index is -0.895. The van der Waals surface area contributed by atoms with Gasteiger partial charge in [0.15, 0.2) is 6.10 Å².